The first kappa shape index (κ1) is 16.4. The standard InChI is InChI=1S/C20H21N5O/c1-14-2-4-15(5-3-14)19-18(17-6-9-21-12-22-17)20(24-23-19)16-7-10-25(13-26)11-8-16/h2-6,9,12-13,16H,7-8,10-11H2,1H3,(H,23,24). The summed E-state index contributed by atoms with van der Waals surface area (Å²) in [7, 11) is 0. The number of aromatic amines is 1. The minimum absolute atomic E-state index is 0.336. The highest BCUT2D eigenvalue weighted by Gasteiger charge is 2.27. The molecule has 6 nitrogen and oxygen atoms in total. The Morgan fingerprint density at radius 1 is 1.15 bits per heavy atom. The predicted molar refractivity (Wildman–Crippen MR) is 99.4 cm³/mol. The first-order valence-corrected chi connectivity index (χ1v) is 8.87. The number of likely N-dealkylation sites (tertiary alicyclic amines) is 1. The zero-order chi connectivity index (χ0) is 17.9. The molecule has 2 aromatic heterocycles. The largest absolute Gasteiger partial charge is 0.345 e. The van der Waals surface area contributed by atoms with E-state index in [9.17, 15) is 4.79 Å². The molecule has 1 aliphatic rings. The summed E-state index contributed by atoms with van der Waals surface area (Å²) in [5.41, 5.74) is 6.21. The molecule has 6 heteroatoms. The highest BCUT2D eigenvalue weighted by atomic mass is 16.1. The average Bonchev–Trinajstić information content (AvgIpc) is 3.14. The van der Waals surface area contributed by atoms with Gasteiger partial charge in [-0.1, -0.05) is 29.8 Å². The van der Waals surface area contributed by atoms with Crippen LogP contribution in [-0.4, -0.2) is 44.6 Å². The number of aromatic nitrogens is 4. The van der Waals surface area contributed by atoms with Crippen LogP contribution in [0.4, 0.5) is 0 Å². The van der Waals surface area contributed by atoms with Crippen LogP contribution in [0.15, 0.2) is 42.9 Å². The van der Waals surface area contributed by atoms with Crippen molar-refractivity contribution in [2.45, 2.75) is 25.7 Å². The zero-order valence-corrected chi connectivity index (χ0v) is 14.7. The minimum atomic E-state index is 0.336. The molecule has 3 heterocycles. The lowest BCUT2D eigenvalue weighted by molar-refractivity contribution is -0.119. The Kier molecular flexibility index (Phi) is 4.48. The summed E-state index contributed by atoms with van der Waals surface area (Å²) in [5, 5.41) is 7.91. The van der Waals surface area contributed by atoms with Crippen molar-refractivity contribution < 1.29 is 4.79 Å². The van der Waals surface area contributed by atoms with Gasteiger partial charge in [-0.3, -0.25) is 9.89 Å². The maximum atomic E-state index is 11.0. The third-order valence-electron chi connectivity index (χ3n) is 5.04. The number of rotatable bonds is 4. The molecule has 4 rings (SSSR count). The summed E-state index contributed by atoms with van der Waals surface area (Å²) in [4.78, 5) is 21.3. The van der Waals surface area contributed by atoms with E-state index in [1.807, 2.05) is 11.0 Å². The number of nitrogens with zero attached hydrogens (tertiary/aromatic N) is 4. The van der Waals surface area contributed by atoms with Crippen molar-refractivity contribution in [1.29, 1.82) is 0 Å². The SMILES string of the molecule is Cc1ccc(-c2n[nH]c(C3CCN(C=O)CC3)c2-c2ccncn2)cc1. The van der Waals surface area contributed by atoms with E-state index in [4.69, 9.17) is 0 Å². The first-order valence-electron chi connectivity index (χ1n) is 8.87. The lowest BCUT2D eigenvalue weighted by atomic mass is 9.89. The van der Waals surface area contributed by atoms with Crippen molar-refractivity contribution >= 4 is 6.41 Å². The zero-order valence-electron chi connectivity index (χ0n) is 14.7. The van der Waals surface area contributed by atoms with Gasteiger partial charge in [-0.2, -0.15) is 5.10 Å². The maximum Gasteiger partial charge on any atom is 0.209 e. The van der Waals surface area contributed by atoms with Gasteiger partial charge in [0.2, 0.25) is 6.41 Å². The molecule has 1 amide bonds. The summed E-state index contributed by atoms with van der Waals surface area (Å²) < 4.78 is 0. The van der Waals surface area contributed by atoms with Gasteiger partial charge in [0.25, 0.3) is 0 Å². The average molecular weight is 347 g/mol. The number of hydrogen-bond donors (Lipinski definition) is 1. The van der Waals surface area contributed by atoms with E-state index >= 15 is 0 Å². The number of H-pyrrole nitrogens is 1. The Balaban J connectivity index is 1.77. The summed E-state index contributed by atoms with van der Waals surface area (Å²) >= 11 is 0. The van der Waals surface area contributed by atoms with Gasteiger partial charge in [0.05, 0.1) is 5.69 Å². The van der Waals surface area contributed by atoms with Crippen molar-refractivity contribution in [2.24, 2.45) is 0 Å². The van der Waals surface area contributed by atoms with Gasteiger partial charge < -0.3 is 4.90 Å². The van der Waals surface area contributed by atoms with Crippen LogP contribution in [0, 0.1) is 6.92 Å². The fraction of sp³-hybridized carbons (Fsp3) is 0.300. The molecule has 0 unspecified atom stereocenters. The topological polar surface area (TPSA) is 74.8 Å². The molecule has 1 saturated heterocycles. The van der Waals surface area contributed by atoms with Crippen LogP contribution in [-0.2, 0) is 4.79 Å². The summed E-state index contributed by atoms with van der Waals surface area (Å²) in [6.07, 6.45) is 6.11. The van der Waals surface area contributed by atoms with E-state index < -0.39 is 0 Å². The van der Waals surface area contributed by atoms with E-state index in [0.29, 0.717) is 5.92 Å². The van der Waals surface area contributed by atoms with Crippen molar-refractivity contribution in [3.05, 3.63) is 54.1 Å². The van der Waals surface area contributed by atoms with Gasteiger partial charge in [0.15, 0.2) is 0 Å². The fourth-order valence-corrected chi connectivity index (χ4v) is 3.56. The smallest absolute Gasteiger partial charge is 0.209 e. The molecular weight excluding hydrogens is 326 g/mol. The third-order valence-corrected chi connectivity index (χ3v) is 5.04. The van der Waals surface area contributed by atoms with Crippen molar-refractivity contribution in [2.75, 3.05) is 13.1 Å². The van der Waals surface area contributed by atoms with Gasteiger partial charge in [-0.25, -0.2) is 9.97 Å². The molecule has 1 aliphatic heterocycles. The molecular formula is C20H21N5O. The Bertz CT molecular complexity index is 880. The Morgan fingerprint density at radius 2 is 1.92 bits per heavy atom. The Hall–Kier alpha value is -3.02. The quantitative estimate of drug-likeness (QED) is 0.736. The van der Waals surface area contributed by atoms with Crippen molar-refractivity contribution in [3.63, 3.8) is 0 Å². The monoisotopic (exact) mass is 347 g/mol. The molecule has 132 valence electrons. The molecule has 3 aromatic rings. The van der Waals surface area contributed by atoms with Crippen LogP contribution in [0.25, 0.3) is 22.5 Å². The number of hydrogen-bond acceptors (Lipinski definition) is 4. The predicted octanol–water partition coefficient (Wildman–Crippen LogP) is 3.18. The van der Waals surface area contributed by atoms with E-state index in [-0.39, 0.29) is 0 Å². The van der Waals surface area contributed by atoms with Crippen LogP contribution in [0.2, 0.25) is 0 Å². The summed E-state index contributed by atoms with van der Waals surface area (Å²) in [6, 6.07) is 10.3. The normalized spacial score (nSPS) is 15.2. The minimum Gasteiger partial charge on any atom is -0.345 e. The number of benzene rings is 1. The molecule has 1 aromatic carbocycles. The summed E-state index contributed by atoms with van der Waals surface area (Å²) in [6.45, 7) is 3.62. The number of aryl methyl sites for hydroxylation is 1. The number of amides is 1. The summed E-state index contributed by atoms with van der Waals surface area (Å²) in [5.74, 6) is 0.336. The number of piperidine rings is 1. The molecule has 1 fully saturated rings. The molecule has 0 bridgehead atoms. The van der Waals surface area contributed by atoms with Crippen molar-refractivity contribution in [3.8, 4) is 22.5 Å². The number of carbonyl (C=O) groups excluding carboxylic acids is 1. The van der Waals surface area contributed by atoms with Crippen LogP contribution < -0.4 is 0 Å². The van der Waals surface area contributed by atoms with Crippen molar-refractivity contribution in [1.82, 2.24) is 25.1 Å². The third kappa shape index (κ3) is 3.10. The lowest BCUT2D eigenvalue weighted by Crippen LogP contribution is -2.31. The highest BCUT2D eigenvalue weighted by Crippen LogP contribution is 2.38. The number of nitrogens with one attached hydrogen (secondary N) is 1. The molecule has 0 spiro atoms. The van der Waals surface area contributed by atoms with E-state index in [2.05, 4.69) is 51.4 Å². The van der Waals surface area contributed by atoms with E-state index in [0.717, 1.165) is 60.5 Å². The van der Waals surface area contributed by atoms with Gasteiger partial charge in [-0.05, 0) is 25.8 Å². The second-order valence-electron chi connectivity index (χ2n) is 6.74. The van der Waals surface area contributed by atoms with Gasteiger partial charge in [-0.15, -0.1) is 0 Å². The first-order chi connectivity index (χ1) is 12.8. The molecule has 26 heavy (non-hydrogen) atoms. The van der Waals surface area contributed by atoms with Gasteiger partial charge in [0, 0.05) is 42.0 Å². The van der Waals surface area contributed by atoms with Gasteiger partial charge in [0.1, 0.15) is 12.0 Å². The fourth-order valence-electron chi connectivity index (χ4n) is 3.56. The molecule has 0 radical (unpaired) electrons. The molecule has 0 saturated carbocycles. The molecule has 0 aliphatic carbocycles. The second kappa shape index (κ2) is 7.07. The Morgan fingerprint density at radius 3 is 2.58 bits per heavy atom. The van der Waals surface area contributed by atoms with Crippen LogP contribution >= 0.6 is 0 Å². The lowest BCUT2D eigenvalue weighted by Gasteiger charge is -2.29. The molecule has 0 atom stereocenters. The van der Waals surface area contributed by atoms with Crippen LogP contribution in [0.3, 0.4) is 0 Å². The second-order valence-corrected chi connectivity index (χ2v) is 6.74. The Labute approximate surface area is 152 Å². The van der Waals surface area contributed by atoms with E-state index in [1.165, 1.54) is 5.56 Å². The van der Waals surface area contributed by atoms with Crippen LogP contribution in [0.5, 0.6) is 0 Å². The number of carbonyl (C=O) groups is 1. The molecule has 1 N–H and O–H groups in total. The van der Waals surface area contributed by atoms with E-state index in [1.54, 1.807) is 12.5 Å². The maximum absolute atomic E-state index is 11.0. The van der Waals surface area contributed by atoms with Crippen LogP contribution in [0.1, 0.15) is 30.0 Å². The van der Waals surface area contributed by atoms with Gasteiger partial charge >= 0.3 is 0 Å². The highest BCUT2D eigenvalue weighted by molar-refractivity contribution is 5.81.